The van der Waals surface area contributed by atoms with Gasteiger partial charge in [0.05, 0.1) is 23.7 Å². The van der Waals surface area contributed by atoms with Crippen LogP contribution in [0.1, 0.15) is 44.9 Å². The summed E-state index contributed by atoms with van der Waals surface area (Å²) in [6.45, 7) is 2.36. The first-order valence-electron chi connectivity index (χ1n) is 12.0. The molecule has 5 rings (SSSR count). The van der Waals surface area contributed by atoms with E-state index in [4.69, 9.17) is 21.3 Å². The monoisotopic (exact) mass is 469 g/mol. The van der Waals surface area contributed by atoms with Crippen LogP contribution in [0.15, 0.2) is 36.5 Å². The SMILES string of the molecule is COc1ccc(-c2cnc(N3CCC[C@]4(CCN([C@H]5CC[C@@H](O)CC5)C4=O)C3)c(Cl)c2)cc1. The van der Waals surface area contributed by atoms with Gasteiger partial charge in [-0.3, -0.25) is 4.79 Å². The number of piperidine rings is 1. The van der Waals surface area contributed by atoms with E-state index in [2.05, 4.69) is 9.80 Å². The number of hydrogen-bond acceptors (Lipinski definition) is 5. The number of aliphatic hydroxyl groups is 1. The molecule has 1 spiro atoms. The van der Waals surface area contributed by atoms with Crippen LogP contribution >= 0.6 is 11.6 Å². The minimum absolute atomic E-state index is 0.202. The van der Waals surface area contributed by atoms with Gasteiger partial charge in [-0.2, -0.15) is 0 Å². The maximum Gasteiger partial charge on any atom is 0.230 e. The highest BCUT2D eigenvalue weighted by Crippen LogP contribution is 2.44. The standard InChI is InChI=1S/C26H32ClN3O3/c1-33-22-9-3-18(4-10-22)19-15-23(27)24(28-16-19)29-13-2-11-26(17-29)12-14-30(25(26)32)20-5-7-21(31)8-6-20/h3-4,9-10,15-16,20-21,31H,2,5-8,11-14,17H2,1H3/t20-,21+,26-/m0/s1. The minimum atomic E-state index is -0.339. The summed E-state index contributed by atoms with van der Waals surface area (Å²) in [4.78, 5) is 22.6. The second-order valence-electron chi connectivity index (χ2n) is 9.77. The summed E-state index contributed by atoms with van der Waals surface area (Å²) in [5, 5.41) is 10.5. The fourth-order valence-electron chi connectivity index (χ4n) is 5.86. The van der Waals surface area contributed by atoms with Crippen molar-refractivity contribution in [3.63, 3.8) is 0 Å². The zero-order chi connectivity index (χ0) is 23.0. The zero-order valence-electron chi connectivity index (χ0n) is 19.2. The van der Waals surface area contributed by atoms with Gasteiger partial charge in [-0.15, -0.1) is 0 Å². The van der Waals surface area contributed by atoms with Gasteiger partial charge in [-0.05, 0) is 68.7 Å². The quantitative estimate of drug-likeness (QED) is 0.712. The largest absolute Gasteiger partial charge is 0.497 e. The lowest BCUT2D eigenvalue weighted by molar-refractivity contribution is -0.139. The third kappa shape index (κ3) is 4.31. The van der Waals surface area contributed by atoms with E-state index in [1.165, 1.54) is 0 Å². The molecule has 1 aromatic carbocycles. The number of hydrogen-bond donors (Lipinski definition) is 1. The molecule has 1 N–H and O–H groups in total. The van der Waals surface area contributed by atoms with Gasteiger partial charge in [0.25, 0.3) is 0 Å². The molecule has 3 fully saturated rings. The number of anilines is 1. The molecule has 1 aromatic heterocycles. The summed E-state index contributed by atoms with van der Waals surface area (Å²) in [6, 6.07) is 10.1. The number of aromatic nitrogens is 1. The Kier molecular flexibility index (Phi) is 6.23. The molecule has 1 atom stereocenters. The molecule has 1 saturated carbocycles. The Hall–Kier alpha value is -2.31. The summed E-state index contributed by atoms with van der Waals surface area (Å²) < 4.78 is 5.24. The van der Waals surface area contributed by atoms with Crippen molar-refractivity contribution in [2.24, 2.45) is 5.41 Å². The van der Waals surface area contributed by atoms with Gasteiger partial charge in [0, 0.05) is 37.4 Å². The highest BCUT2D eigenvalue weighted by atomic mass is 35.5. The molecule has 1 aliphatic carbocycles. The van der Waals surface area contributed by atoms with Crippen LogP contribution in [0.2, 0.25) is 5.02 Å². The van der Waals surface area contributed by atoms with Crippen LogP contribution in [-0.2, 0) is 4.79 Å². The van der Waals surface area contributed by atoms with E-state index in [0.717, 1.165) is 80.7 Å². The van der Waals surface area contributed by atoms with E-state index in [1.54, 1.807) is 7.11 Å². The number of ether oxygens (including phenoxy) is 1. The summed E-state index contributed by atoms with van der Waals surface area (Å²) in [5.41, 5.74) is 1.65. The Morgan fingerprint density at radius 1 is 1.09 bits per heavy atom. The summed E-state index contributed by atoms with van der Waals surface area (Å²) >= 11 is 6.72. The molecule has 6 nitrogen and oxygen atoms in total. The number of benzene rings is 1. The third-order valence-corrected chi connectivity index (χ3v) is 8.05. The normalized spacial score (nSPS) is 27.9. The van der Waals surface area contributed by atoms with Crippen molar-refractivity contribution in [3.8, 4) is 16.9 Å². The Labute approximate surface area is 200 Å². The van der Waals surface area contributed by atoms with Crippen molar-refractivity contribution in [1.29, 1.82) is 0 Å². The van der Waals surface area contributed by atoms with Crippen LogP contribution in [0.4, 0.5) is 5.82 Å². The fraction of sp³-hybridized carbons (Fsp3) is 0.538. The molecule has 7 heteroatoms. The molecular weight excluding hydrogens is 438 g/mol. The van der Waals surface area contributed by atoms with Gasteiger partial charge >= 0.3 is 0 Å². The molecule has 176 valence electrons. The van der Waals surface area contributed by atoms with Gasteiger partial charge in [-0.25, -0.2) is 4.98 Å². The average molecular weight is 470 g/mol. The Bertz CT molecular complexity index is 1010. The van der Waals surface area contributed by atoms with E-state index in [1.807, 2.05) is 36.5 Å². The van der Waals surface area contributed by atoms with Gasteiger partial charge in [0.2, 0.25) is 5.91 Å². The molecule has 3 aliphatic rings. The number of carbonyl (C=O) groups is 1. The van der Waals surface area contributed by atoms with Crippen LogP contribution in [-0.4, -0.2) is 59.8 Å². The Morgan fingerprint density at radius 3 is 2.55 bits per heavy atom. The van der Waals surface area contributed by atoms with Crippen molar-refractivity contribution in [1.82, 2.24) is 9.88 Å². The Balaban J connectivity index is 1.32. The van der Waals surface area contributed by atoms with E-state index in [0.29, 0.717) is 17.5 Å². The average Bonchev–Trinajstić information content (AvgIpc) is 3.14. The van der Waals surface area contributed by atoms with Crippen molar-refractivity contribution in [3.05, 3.63) is 41.6 Å². The lowest BCUT2D eigenvalue weighted by atomic mass is 9.78. The second-order valence-corrected chi connectivity index (χ2v) is 10.2. The number of halogens is 1. The number of amides is 1. The Morgan fingerprint density at radius 2 is 1.85 bits per heavy atom. The molecule has 2 saturated heterocycles. The lowest BCUT2D eigenvalue weighted by Gasteiger charge is -2.41. The molecule has 2 aromatic rings. The number of nitrogens with zero attached hydrogens (tertiary/aromatic N) is 3. The highest BCUT2D eigenvalue weighted by molar-refractivity contribution is 6.33. The topological polar surface area (TPSA) is 65.9 Å². The van der Waals surface area contributed by atoms with E-state index >= 15 is 0 Å². The molecule has 1 amide bonds. The van der Waals surface area contributed by atoms with E-state index < -0.39 is 0 Å². The molecule has 0 bridgehead atoms. The number of carbonyl (C=O) groups excluding carboxylic acids is 1. The lowest BCUT2D eigenvalue weighted by Crippen LogP contribution is -2.50. The van der Waals surface area contributed by atoms with Gasteiger partial charge in [0.1, 0.15) is 11.6 Å². The van der Waals surface area contributed by atoms with Gasteiger partial charge < -0.3 is 19.6 Å². The molecular formula is C26H32ClN3O3. The summed E-state index contributed by atoms with van der Waals surface area (Å²) in [6.07, 6.45) is 7.86. The number of aliphatic hydroxyl groups excluding tert-OH is 1. The van der Waals surface area contributed by atoms with E-state index in [-0.39, 0.29) is 17.6 Å². The summed E-state index contributed by atoms with van der Waals surface area (Å²) in [5.74, 6) is 1.87. The van der Waals surface area contributed by atoms with Gasteiger partial charge in [0.15, 0.2) is 0 Å². The minimum Gasteiger partial charge on any atom is -0.497 e. The number of rotatable bonds is 4. The predicted octanol–water partition coefficient (Wildman–Crippen LogP) is 4.53. The molecule has 33 heavy (non-hydrogen) atoms. The van der Waals surface area contributed by atoms with Crippen LogP contribution < -0.4 is 9.64 Å². The maximum atomic E-state index is 13.6. The van der Waals surface area contributed by atoms with Crippen LogP contribution in [0.3, 0.4) is 0 Å². The molecule has 3 heterocycles. The fourth-order valence-corrected chi connectivity index (χ4v) is 6.15. The summed E-state index contributed by atoms with van der Waals surface area (Å²) in [7, 11) is 1.65. The van der Waals surface area contributed by atoms with Crippen LogP contribution in [0.5, 0.6) is 5.75 Å². The van der Waals surface area contributed by atoms with Crippen molar-refractivity contribution < 1.29 is 14.6 Å². The smallest absolute Gasteiger partial charge is 0.230 e. The van der Waals surface area contributed by atoms with Gasteiger partial charge in [-0.1, -0.05) is 23.7 Å². The van der Waals surface area contributed by atoms with Crippen LogP contribution in [0.25, 0.3) is 11.1 Å². The number of methoxy groups -OCH3 is 1. The predicted molar refractivity (Wildman–Crippen MR) is 130 cm³/mol. The third-order valence-electron chi connectivity index (χ3n) is 7.77. The van der Waals surface area contributed by atoms with Crippen molar-refractivity contribution in [2.45, 2.75) is 57.1 Å². The first kappa shape index (κ1) is 22.5. The van der Waals surface area contributed by atoms with Crippen LogP contribution in [0, 0.1) is 5.41 Å². The number of likely N-dealkylation sites (tertiary alicyclic amines) is 1. The first-order chi connectivity index (χ1) is 16.0. The maximum absolute atomic E-state index is 13.6. The van der Waals surface area contributed by atoms with E-state index in [9.17, 15) is 9.90 Å². The molecule has 0 unspecified atom stereocenters. The second kappa shape index (κ2) is 9.15. The van der Waals surface area contributed by atoms with Crippen molar-refractivity contribution >= 4 is 23.3 Å². The highest BCUT2D eigenvalue weighted by Gasteiger charge is 2.51. The zero-order valence-corrected chi connectivity index (χ0v) is 19.9. The molecule has 0 radical (unpaired) electrons. The first-order valence-corrected chi connectivity index (χ1v) is 12.4. The van der Waals surface area contributed by atoms with Crippen molar-refractivity contribution in [2.75, 3.05) is 31.6 Å². The number of pyridine rings is 1. The molecule has 2 aliphatic heterocycles.